The average molecular weight is 838 g/mol. The van der Waals surface area contributed by atoms with Crippen molar-refractivity contribution in [3.8, 4) is 50.8 Å². The maximum absolute atomic E-state index is 9.87. The van der Waals surface area contributed by atoms with E-state index < -0.39 is 0 Å². The van der Waals surface area contributed by atoms with Crippen molar-refractivity contribution in [2.75, 3.05) is 0 Å². The first-order valence-electron chi connectivity index (χ1n) is 16.7. The second kappa shape index (κ2) is 15.5. The number of hydrogen-bond acceptors (Lipinski definition) is 4. The third kappa shape index (κ3) is 7.89. The second-order valence-corrected chi connectivity index (χ2v) is 13.4. The molecule has 1 radical (unpaired) electrons. The normalized spacial score (nSPS) is 10.9. The summed E-state index contributed by atoms with van der Waals surface area (Å²) in [5.41, 5.74) is 11.3. The zero-order valence-corrected chi connectivity index (χ0v) is 31.0. The molecule has 251 valence electrons. The third-order valence-corrected chi connectivity index (χ3v) is 8.47. The monoisotopic (exact) mass is 838 g/mol. The summed E-state index contributed by atoms with van der Waals surface area (Å²) in [5, 5.41) is 11.8. The topological polar surface area (TPSA) is 62.7 Å². The largest absolute Gasteiger partial charge is 0.500 e. The molecule has 0 aliphatic rings. The summed E-state index contributed by atoms with van der Waals surface area (Å²) in [5.74, 6) is 0. The number of pyridine rings is 2. The van der Waals surface area contributed by atoms with Crippen LogP contribution in [0.3, 0.4) is 0 Å². The van der Waals surface area contributed by atoms with Gasteiger partial charge >= 0.3 is 0 Å². The Hall–Kier alpha value is -5.66. The van der Waals surface area contributed by atoms with Crippen LogP contribution in [0.15, 0.2) is 150 Å². The van der Waals surface area contributed by atoms with Gasteiger partial charge in [0.15, 0.2) is 0 Å². The van der Waals surface area contributed by atoms with Crippen LogP contribution in [-0.4, -0.2) is 9.97 Å². The number of benzene rings is 5. The number of nitrogens with zero attached hydrogens (tertiary/aromatic N) is 3. The molecular formula is C46H35IrN3O-2. The minimum Gasteiger partial charge on any atom is -0.500 e. The van der Waals surface area contributed by atoms with E-state index in [1.165, 1.54) is 5.56 Å². The summed E-state index contributed by atoms with van der Waals surface area (Å²) < 4.78 is 6.46. The first-order chi connectivity index (χ1) is 24.4. The first-order valence-corrected chi connectivity index (χ1v) is 16.7. The molecule has 5 aromatic carbocycles. The van der Waals surface area contributed by atoms with E-state index in [2.05, 4.69) is 97.5 Å². The summed E-state index contributed by atoms with van der Waals surface area (Å²) >= 11 is 0. The first kappa shape index (κ1) is 35.2. The molecule has 0 aliphatic heterocycles. The average Bonchev–Trinajstić information content (AvgIpc) is 3.54. The van der Waals surface area contributed by atoms with E-state index >= 15 is 0 Å². The summed E-state index contributed by atoms with van der Waals surface area (Å²) in [6.45, 7) is 6.73. The molecule has 8 aromatic rings. The third-order valence-electron chi connectivity index (χ3n) is 8.47. The van der Waals surface area contributed by atoms with Gasteiger partial charge in [-0.15, -0.1) is 54.1 Å². The second-order valence-electron chi connectivity index (χ2n) is 13.4. The zero-order chi connectivity index (χ0) is 34.5. The molecule has 0 atom stereocenters. The molecular weight excluding hydrogens is 803 g/mol. The molecule has 4 nitrogen and oxygen atoms in total. The van der Waals surface area contributed by atoms with Crippen LogP contribution in [0.2, 0.25) is 0 Å². The predicted octanol–water partition coefficient (Wildman–Crippen LogP) is 11.8. The predicted molar refractivity (Wildman–Crippen MR) is 203 cm³/mol. The SMILES string of the molecule is CC(C)(C)Cc1ccc(-c2[c-]cccc2)nc1.N#Cc1ccc2c(oc3c(-c4ccccn4)[c-]ccc32)c1-c1ccc(-c2ccccc2)cc1.[Ir]. The quantitative estimate of drug-likeness (QED) is 0.162. The zero-order valence-electron chi connectivity index (χ0n) is 28.6. The molecule has 0 saturated heterocycles. The Morgan fingerprint density at radius 1 is 0.647 bits per heavy atom. The number of nitriles is 1. The van der Waals surface area contributed by atoms with Crippen molar-refractivity contribution < 1.29 is 24.5 Å². The van der Waals surface area contributed by atoms with Crippen LogP contribution < -0.4 is 0 Å². The number of hydrogen-bond donors (Lipinski definition) is 0. The number of fused-ring (bicyclic) bond motifs is 3. The molecule has 0 spiro atoms. The summed E-state index contributed by atoms with van der Waals surface area (Å²) in [6, 6.07) is 53.0. The van der Waals surface area contributed by atoms with Crippen molar-refractivity contribution in [1.29, 1.82) is 5.26 Å². The van der Waals surface area contributed by atoms with Crippen LogP contribution in [0.4, 0.5) is 0 Å². The Bertz CT molecular complexity index is 2410. The van der Waals surface area contributed by atoms with Crippen LogP contribution in [0.1, 0.15) is 31.9 Å². The van der Waals surface area contributed by atoms with Crippen LogP contribution in [-0.2, 0) is 26.5 Å². The van der Waals surface area contributed by atoms with Gasteiger partial charge in [0.1, 0.15) is 5.58 Å². The van der Waals surface area contributed by atoms with E-state index in [0.717, 1.165) is 67.5 Å². The van der Waals surface area contributed by atoms with Crippen molar-refractivity contribution in [3.63, 3.8) is 0 Å². The molecule has 0 saturated carbocycles. The molecule has 0 aliphatic carbocycles. The van der Waals surface area contributed by atoms with Gasteiger partial charge in [0.05, 0.1) is 17.2 Å². The molecule has 3 heterocycles. The van der Waals surface area contributed by atoms with Gasteiger partial charge in [-0.05, 0) is 57.6 Å². The Labute approximate surface area is 312 Å². The molecule has 0 N–H and O–H groups in total. The van der Waals surface area contributed by atoms with Gasteiger partial charge in [-0.1, -0.05) is 117 Å². The smallest absolute Gasteiger partial charge is 0.130 e. The van der Waals surface area contributed by atoms with Crippen molar-refractivity contribution in [3.05, 3.63) is 169 Å². The minimum atomic E-state index is 0. The maximum atomic E-state index is 9.87. The maximum Gasteiger partial charge on any atom is 0.130 e. The van der Waals surface area contributed by atoms with E-state index in [-0.39, 0.29) is 20.1 Å². The summed E-state index contributed by atoms with van der Waals surface area (Å²) in [7, 11) is 0. The van der Waals surface area contributed by atoms with Gasteiger partial charge < -0.3 is 14.4 Å². The van der Waals surface area contributed by atoms with E-state index in [1.807, 2.05) is 91.1 Å². The Kier molecular flexibility index (Phi) is 10.7. The van der Waals surface area contributed by atoms with E-state index in [9.17, 15) is 5.26 Å². The van der Waals surface area contributed by atoms with Crippen LogP contribution in [0.5, 0.6) is 0 Å². The molecule has 0 unspecified atom stereocenters. The van der Waals surface area contributed by atoms with Crippen LogP contribution >= 0.6 is 0 Å². The van der Waals surface area contributed by atoms with Gasteiger partial charge in [0, 0.05) is 43.4 Å². The summed E-state index contributed by atoms with van der Waals surface area (Å²) in [6.07, 6.45) is 4.79. The minimum absolute atomic E-state index is 0. The number of rotatable bonds is 5. The van der Waals surface area contributed by atoms with Gasteiger partial charge in [-0.3, -0.25) is 0 Å². The number of aromatic nitrogens is 2. The Morgan fingerprint density at radius 3 is 2.04 bits per heavy atom. The van der Waals surface area contributed by atoms with E-state index in [0.29, 0.717) is 16.6 Å². The fourth-order valence-corrected chi connectivity index (χ4v) is 6.20. The Balaban J connectivity index is 0.000000211. The molecule has 0 fully saturated rings. The van der Waals surface area contributed by atoms with Crippen LogP contribution in [0, 0.1) is 28.9 Å². The van der Waals surface area contributed by atoms with Gasteiger partial charge in [0.25, 0.3) is 0 Å². The van der Waals surface area contributed by atoms with Gasteiger partial charge in [-0.25, -0.2) is 0 Å². The van der Waals surface area contributed by atoms with E-state index in [1.54, 1.807) is 6.20 Å². The fraction of sp³-hybridized carbons (Fsp3) is 0.109. The fourth-order valence-electron chi connectivity index (χ4n) is 6.20. The van der Waals surface area contributed by atoms with Crippen molar-refractivity contribution in [2.45, 2.75) is 27.2 Å². The standard InChI is InChI=1S/C30H17N2O.C16H18N.Ir/c31-19-23-16-17-25-24-9-6-10-26(27-11-4-5-18-32-27)29(24)33-30(25)28(23)22-14-12-21(13-15-22)20-7-2-1-3-8-20;1-16(2,3)11-13-9-10-15(17-12-13)14-7-5-4-6-8-14;/h1-9,11-18H;4-7,9-10,12H,11H2,1-3H3;/q2*-1;. The van der Waals surface area contributed by atoms with Crippen molar-refractivity contribution in [2.24, 2.45) is 5.41 Å². The molecule has 51 heavy (non-hydrogen) atoms. The molecule has 3 aromatic heterocycles. The van der Waals surface area contributed by atoms with Crippen molar-refractivity contribution in [1.82, 2.24) is 9.97 Å². The van der Waals surface area contributed by atoms with Crippen molar-refractivity contribution >= 4 is 21.9 Å². The van der Waals surface area contributed by atoms with Gasteiger partial charge in [-0.2, -0.15) is 5.26 Å². The summed E-state index contributed by atoms with van der Waals surface area (Å²) in [4.78, 5) is 8.98. The van der Waals surface area contributed by atoms with E-state index in [4.69, 9.17) is 4.42 Å². The molecule has 5 heteroatoms. The van der Waals surface area contributed by atoms with Crippen LogP contribution in [0.25, 0.3) is 66.7 Å². The molecule has 0 bridgehead atoms. The Morgan fingerprint density at radius 2 is 1.37 bits per heavy atom. The number of furan rings is 1. The molecule has 8 rings (SSSR count). The van der Waals surface area contributed by atoms with Gasteiger partial charge in [0.2, 0.25) is 0 Å². The molecule has 0 amide bonds.